The highest BCUT2D eigenvalue weighted by molar-refractivity contribution is 9.10. The summed E-state index contributed by atoms with van der Waals surface area (Å²) in [6.07, 6.45) is 0. The Balaban J connectivity index is 1.70. The maximum Gasteiger partial charge on any atom is 0.420 e. The zero-order valence-corrected chi connectivity index (χ0v) is 12.6. The monoisotopic (exact) mass is 361 g/mol. The van der Waals surface area contributed by atoms with Crippen molar-refractivity contribution in [2.45, 2.75) is 6.54 Å². The molecular formula is C14H8BrN3O4. The average molecular weight is 362 g/mol. The first-order valence-corrected chi connectivity index (χ1v) is 7.17. The van der Waals surface area contributed by atoms with E-state index in [1.54, 1.807) is 30.3 Å². The third-order valence-corrected chi connectivity index (χ3v) is 3.55. The number of fused-ring (bicyclic) bond motifs is 1. The molecule has 0 radical (unpaired) electrons. The van der Waals surface area contributed by atoms with Gasteiger partial charge in [0.05, 0.1) is 12.1 Å². The van der Waals surface area contributed by atoms with Crippen LogP contribution in [-0.4, -0.2) is 14.7 Å². The highest BCUT2D eigenvalue weighted by Crippen LogP contribution is 2.23. The Kier molecular flexibility index (Phi) is 2.97. The highest BCUT2D eigenvalue weighted by atomic mass is 79.9. The van der Waals surface area contributed by atoms with E-state index in [9.17, 15) is 4.79 Å². The summed E-state index contributed by atoms with van der Waals surface area (Å²) < 4.78 is 17.7. The summed E-state index contributed by atoms with van der Waals surface area (Å²) in [6, 6.07) is 10.6. The minimum atomic E-state index is -0.465. The summed E-state index contributed by atoms with van der Waals surface area (Å²) in [4.78, 5) is 16.1. The van der Waals surface area contributed by atoms with Gasteiger partial charge in [0.15, 0.2) is 21.8 Å². The highest BCUT2D eigenvalue weighted by Gasteiger charge is 2.15. The molecule has 22 heavy (non-hydrogen) atoms. The van der Waals surface area contributed by atoms with Crippen LogP contribution in [-0.2, 0) is 6.54 Å². The molecule has 0 aliphatic rings. The Labute approximate surface area is 131 Å². The lowest BCUT2D eigenvalue weighted by atomic mass is 10.3. The molecule has 0 N–H and O–H groups in total. The Hall–Kier alpha value is -2.61. The van der Waals surface area contributed by atoms with Gasteiger partial charge in [0.2, 0.25) is 0 Å². The largest absolute Gasteiger partial charge is 0.444 e. The Morgan fingerprint density at radius 3 is 2.82 bits per heavy atom. The second kappa shape index (κ2) is 4.99. The molecule has 0 fully saturated rings. The number of halogens is 1. The molecule has 0 amide bonds. The summed E-state index contributed by atoms with van der Waals surface area (Å²) in [5.74, 6) is 0.598. The molecule has 3 heterocycles. The summed E-state index contributed by atoms with van der Waals surface area (Å²) in [6.45, 7) is 0.154. The number of nitrogens with zero attached hydrogens (tertiary/aromatic N) is 3. The van der Waals surface area contributed by atoms with Crippen LogP contribution in [0.4, 0.5) is 0 Å². The van der Waals surface area contributed by atoms with Gasteiger partial charge >= 0.3 is 5.76 Å². The molecule has 0 spiro atoms. The van der Waals surface area contributed by atoms with E-state index in [0.717, 1.165) is 0 Å². The quantitative estimate of drug-likeness (QED) is 0.557. The minimum absolute atomic E-state index is 0.154. The summed E-state index contributed by atoms with van der Waals surface area (Å²) in [7, 11) is 0. The zero-order valence-electron chi connectivity index (χ0n) is 11.0. The van der Waals surface area contributed by atoms with E-state index in [0.29, 0.717) is 27.4 Å². The SMILES string of the molecule is O=c1oc2ccccc2n1Cc1noc(-c2ccc(Br)o2)n1. The third kappa shape index (κ3) is 2.17. The van der Waals surface area contributed by atoms with Gasteiger partial charge in [-0.25, -0.2) is 4.79 Å². The fourth-order valence-corrected chi connectivity index (χ4v) is 2.46. The molecule has 4 rings (SSSR count). The topological polar surface area (TPSA) is 87.2 Å². The van der Waals surface area contributed by atoms with Crippen LogP contribution in [0.5, 0.6) is 0 Å². The predicted molar refractivity (Wildman–Crippen MR) is 79.3 cm³/mol. The van der Waals surface area contributed by atoms with Crippen LogP contribution in [0.1, 0.15) is 5.82 Å². The molecule has 0 saturated heterocycles. The van der Waals surface area contributed by atoms with Gasteiger partial charge in [-0.3, -0.25) is 4.57 Å². The van der Waals surface area contributed by atoms with Crippen molar-refractivity contribution in [3.63, 3.8) is 0 Å². The molecule has 0 bridgehead atoms. The fourth-order valence-electron chi connectivity index (χ4n) is 2.15. The molecule has 7 nitrogen and oxygen atoms in total. The van der Waals surface area contributed by atoms with Crippen LogP contribution in [0.3, 0.4) is 0 Å². The lowest BCUT2D eigenvalue weighted by molar-refractivity contribution is 0.404. The molecule has 0 saturated carbocycles. The lowest BCUT2D eigenvalue weighted by Crippen LogP contribution is -2.15. The summed E-state index contributed by atoms with van der Waals surface area (Å²) in [5.41, 5.74) is 1.20. The second-order valence-corrected chi connectivity index (χ2v) is 5.32. The number of benzene rings is 1. The van der Waals surface area contributed by atoms with E-state index >= 15 is 0 Å². The number of hydrogen-bond donors (Lipinski definition) is 0. The molecular weight excluding hydrogens is 354 g/mol. The standard InChI is InChI=1S/C14H8BrN3O4/c15-11-6-5-10(20-11)13-16-12(17-22-13)7-18-8-3-1-2-4-9(8)21-14(18)19/h1-6H,7H2. The number of rotatable bonds is 3. The zero-order chi connectivity index (χ0) is 15.1. The molecule has 0 aliphatic carbocycles. The van der Waals surface area contributed by atoms with Crippen LogP contribution in [0.15, 0.2) is 59.2 Å². The minimum Gasteiger partial charge on any atom is -0.444 e. The molecule has 0 atom stereocenters. The van der Waals surface area contributed by atoms with E-state index in [2.05, 4.69) is 26.1 Å². The van der Waals surface area contributed by atoms with E-state index in [1.807, 2.05) is 6.07 Å². The van der Waals surface area contributed by atoms with Gasteiger partial charge in [-0.1, -0.05) is 17.3 Å². The number of oxazole rings is 1. The fraction of sp³-hybridized carbons (Fsp3) is 0.0714. The van der Waals surface area contributed by atoms with Gasteiger partial charge in [-0.2, -0.15) is 4.98 Å². The van der Waals surface area contributed by atoms with E-state index in [4.69, 9.17) is 13.4 Å². The van der Waals surface area contributed by atoms with Crippen LogP contribution < -0.4 is 5.76 Å². The maximum absolute atomic E-state index is 11.9. The van der Waals surface area contributed by atoms with Crippen molar-refractivity contribution in [1.82, 2.24) is 14.7 Å². The van der Waals surface area contributed by atoms with E-state index in [1.165, 1.54) is 4.57 Å². The molecule has 4 aromatic rings. The number of furan rings is 1. The predicted octanol–water partition coefficient (Wildman–Crippen LogP) is 3.05. The molecule has 1 aromatic carbocycles. The molecule has 3 aromatic heterocycles. The van der Waals surface area contributed by atoms with Crippen LogP contribution in [0.25, 0.3) is 22.8 Å². The normalized spacial score (nSPS) is 11.3. The first kappa shape index (κ1) is 13.1. The maximum atomic E-state index is 11.9. The van der Waals surface area contributed by atoms with Crippen molar-refractivity contribution in [1.29, 1.82) is 0 Å². The Bertz CT molecular complexity index is 1010. The van der Waals surface area contributed by atoms with Crippen molar-refractivity contribution in [2.24, 2.45) is 0 Å². The lowest BCUT2D eigenvalue weighted by Gasteiger charge is -1.96. The van der Waals surface area contributed by atoms with Gasteiger partial charge in [0.1, 0.15) is 0 Å². The van der Waals surface area contributed by atoms with E-state index in [-0.39, 0.29) is 12.4 Å². The average Bonchev–Trinajstić information content (AvgIpc) is 3.20. The molecule has 8 heteroatoms. The van der Waals surface area contributed by atoms with Gasteiger partial charge < -0.3 is 13.4 Å². The molecule has 0 unspecified atom stereocenters. The number of aromatic nitrogens is 3. The Morgan fingerprint density at radius 2 is 2.00 bits per heavy atom. The van der Waals surface area contributed by atoms with Gasteiger partial charge in [-0.05, 0) is 40.2 Å². The van der Waals surface area contributed by atoms with Crippen molar-refractivity contribution in [3.05, 3.63) is 57.4 Å². The van der Waals surface area contributed by atoms with Gasteiger partial charge in [-0.15, -0.1) is 0 Å². The number of para-hydroxylation sites is 2. The van der Waals surface area contributed by atoms with Crippen molar-refractivity contribution >= 4 is 27.0 Å². The summed E-state index contributed by atoms with van der Waals surface area (Å²) >= 11 is 3.21. The van der Waals surface area contributed by atoms with Gasteiger partial charge in [0.25, 0.3) is 5.89 Å². The van der Waals surface area contributed by atoms with Crippen molar-refractivity contribution in [2.75, 3.05) is 0 Å². The van der Waals surface area contributed by atoms with E-state index < -0.39 is 5.76 Å². The molecule has 110 valence electrons. The first-order chi connectivity index (χ1) is 10.7. The first-order valence-electron chi connectivity index (χ1n) is 6.37. The van der Waals surface area contributed by atoms with Crippen molar-refractivity contribution in [3.8, 4) is 11.7 Å². The van der Waals surface area contributed by atoms with Gasteiger partial charge in [0, 0.05) is 0 Å². The van der Waals surface area contributed by atoms with Crippen molar-refractivity contribution < 1.29 is 13.4 Å². The number of hydrogen-bond acceptors (Lipinski definition) is 6. The van der Waals surface area contributed by atoms with Crippen LogP contribution in [0.2, 0.25) is 0 Å². The Morgan fingerprint density at radius 1 is 1.14 bits per heavy atom. The summed E-state index contributed by atoms with van der Waals surface area (Å²) in [5, 5.41) is 3.86. The van der Waals surface area contributed by atoms with Crippen LogP contribution >= 0.6 is 15.9 Å². The smallest absolute Gasteiger partial charge is 0.420 e. The van der Waals surface area contributed by atoms with Crippen LogP contribution in [0, 0.1) is 0 Å². The second-order valence-electron chi connectivity index (χ2n) is 4.54. The molecule has 0 aliphatic heterocycles. The third-order valence-electron chi connectivity index (χ3n) is 3.13.